The van der Waals surface area contributed by atoms with Crippen LogP contribution in [0.5, 0.6) is 0 Å². The summed E-state index contributed by atoms with van der Waals surface area (Å²) < 4.78 is 1.76. The number of aromatic amines is 1. The molecule has 0 spiro atoms. The Morgan fingerprint density at radius 3 is 2.71 bits per heavy atom. The molecular formula is C25H24ClN9. The van der Waals surface area contributed by atoms with Crippen molar-refractivity contribution in [2.75, 3.05) is 24.5 Å². The van der Waals surface area contributed by atoms with Crippen LogP contribution in [-0.4, -0.2) is 54.6 Å². The van der Waals surface area contributed by atoms with Crippen LogP contribution in [0.3, 0.4) is 0 Å². The third-order valence-electron chi connectivity index (χ3n) is 7.84. The zero-order valence-corrected chi connectivity index (χ0v) is 20.2. The first-order chi connectivity index (χ1) is 17.0. The highest BCUT2D eigenvalue weighted by Gasteiger charge is 2.69. The van der Waals surface area contributed by atoms with Crippen LogP contribution in [0, 0.1) is 18.8 Å². The monoisotopic (exact) mass is 485 g/mol. The van der Waals surface area contributed by atoms with E-state index < -0.39 is 0 Å². The molecule has 1 saturated carbocycles. The van der Waals surface area contributed by atoms with E-state index in [1.165, 1.54) is 0 Å². The van der Waals surface area contributed by atoms with Crippen molar-refractivity contribution >= 4 is 39.5 Å². The average molecular weight is 486 g/mol. The normalized spacial score (nSPS) is 23.4. The second-order valence-corrected chi connectivity index (χ2v) is 10.1. The summed E-state index contributed by atoms with van der Waals surface area (Å²) in [7, 11) is 1.88. The molecule has 1 unspecified atom stereocenters. The number of hydrogen-bond acceptors (Lipinski definition) is 7. The van der Waals surface area contributed by atoms with Gasteiger partial charge in [0, 0.05) is 61.1 Å². The number of nitrogens with two attached hydrogens (primary N) is 1. The van der Waals surface area contributed by atoms with E-state index in [2.05, 4.69) is 39.3 Å². The van der Waals surface area contributed by atoms with Gasteiger partial charge in [-0.2, -0.15) is 10.2 Å². The van der Waals surface area contributed by atoms with E-state index in [1.807, 2.05) is 37.8 Å². The fraction of sp³-hybridized carbons (Fsp3) is 0.320. The zero-order valence-electron chi connectivity index (χ0n) is 19.4. The fourth-order valence-electron chi connectivity index (χ4n) is 5.95. The number of H-pyrrole nitrogens is 1. The molecule has 3 N–H and O–H groups in total. The van der Waals surface area contributed by atoms with Crippen molar-refractivity contribution in [3.8, 4) is 11.3 Å². The standard InChI is InChI=1S/C25H24ClN9/c1-13-3-6-19(28-7-13)25(12-27)16-10-35(11-17(16)25)20-8-29-23-22(31-32-24(23)30-20)14-4-5-18-15(21(14)26)9-34(2)33-18/h3-9,16-17H,10-12,27H2,1-2H3,(H,30,31,32)/t16-,17+,25?. The van der Waals surface area contributed by atoms with Crippen molar-refractivity contribution in [1.29, 1.82) is 0 Å². The van der Waals surface area contributed by atoms with Crippen LogP contribution in [0.1, 0.15) is 11.3 Å². The first kappa shape index (κ1) is 20.8. The van der Waals surface area contributed by atoms with E-state index in [1.54, 1.807) is 4.68 Å². The molecule has 2 aliphatic rings. The molecule has 4 aromatic heterocycles. The third-order valence-corrected chi connectivity index (χ3v) is 8.25. The molecular weight excluding hydrogens is 462 g/mol. The lowest BCUT2D eigenvalue weighted by Gasteiger charge is -2.26. The van der Waals surface area contributed by atoms with Gasteiger partial charge in [0.15, 0.2) is 0 Å². The van der Waals surface area contributed by atoms with E-state index in [9.17, 15) is 0 Å². The van der Waals surface area contributed by atoms with E-state index in [0.29, 0.717) is 34.6 Å². The Kier molecular flexibility index (Phi) is 4.29. The highest BCUT2D eigenvalue weighted by Crippen LogP contribution is 2.62. The van der Waals surface area contributed by atoms with Crippen LogP contribution in [0.25, 0.3) is 33.3 Å². The number of nitrogens with zero attached hydrogens (tertiary/aromatic N) is 7. The summed E-state index contributed by atoms with van der Waals surface area (Å²) in [5, 5.41) is 13.5. The molecule has 1 aromatic carbocycles. The summed E-state index contributed by atoms with van der Waals surface area (Å²) in [5.41, 5.74) is 12.2. The summed E-state index contributed by atoms with van der Waals surface area (Å²) in [6.07, 6.45) is 5.68. The van der Waals surface area contributed by atoms with Crippen LogP contribution < -0.4 is 10.6 Å². The Bertz CT molecular complexity index is 1590. The molecule has 9 nitrogen and oxygen atoms in total. The number of aromatic nitrogens is 7. The summed E-state index contributed by atoms with van der Waals surface area (Å²) in [6.45, 7) is 4.44. The Hall–Kier alpha value is -3.56. The zero-order chi connectivity index (χ0) is 23.9. The lowest BCUT2D eigenvalue weighted by Crippen LogP contribution is -2.35. The summed E-state index contributed by atoms with van der Waals surface area (Å²) in [4.78, 5) is 16.6. The Balaban J connectivity index is 1.17. The van der Waals surface area contributed by atoms with Crippen molar-refractivity contribution in [3.63, 3.8) is 0 Å². The SMILES string of the molecule is Cc1ccc(C2(CN)[C@@H]3CN(c4cnc5c(-c6ccc7nn(C)cc7c6Cl)[nH]nc5n4)C[C@@H]32)nc1. The summed E-state index contributed by atoms with van der Waals surface area (Å²) in [5.74, 6) is 1.78. The van der Waals surface area contributed by atoms with Gasteiger partial charge in [0.25, 0.3) is 0 Å². The minimum absolute atomic E-state index is 0.0249. The molecule has 3 atom stereocenters. The first-order valence-electron chi connectivity index (χ1n) is 11.7. The molecule has 2 fully saturated rings. The molecule has 5 aromatic rings. The Labute approximate surface area is 206 Å². The predicted octanol–water partition coefficient (Wildman–Crippen LogP) is 3.23. The van der Waals surface area contributed by atoms with Gasteiger partial charge in [-0.05, 0) is 42.5 Å². The maximum Gasteiger partial charge on any atom is 0.202 e. The molecule has 7 rings (SSSR count). The van der Waals surface area contributed by atoms with Crippen LogP contribution in [0.4, 0.5) is 5.82 Å². The van der Waals surface area contributed by atoms with Crippen LogP contribution in [-0.2, 0) is 12.5 Å². The molecule has 35 heavy (non-hydrogen) atoms. The van der Waals surface area contributed by atoms with Crippen molar-refractivity contribution in [3.05, 3.63) is 59.1 Å². The first-order valence-corrected chi connectivity index (χ1v) is 12.1. The number of fused-ring (bicyclic) bond motifs is 3. The van der Waals surface area contributed by atoms with Crippen molar-refractivity contribution < 1.29 is 0 Å². The van der Waals surface area contributed by atoms with Crippen LogP contribution in [0.2, 0.25) is 5.02 Å². The summed E-state index contributed by atoms with van der Waals surface area (Å²) >= 11 is 6.73. The molecule has 176 valence electrons. The molecule has 0 amide bonds. The van der Waals surface area contributed by atoms with Gasteiger partial charge < -0.3 is 10.6 Å². The average Bonchev–Trinajstić information content (AvgIpc) is 3.31. The van der Waals surface area contributed by atoms with E-state index in [-0.39, 0.29) is 5.41 Å². The highest BCUT2D eigenvalue weighted by atomic mass is 35.5. The lowest BCUT2D eigenvalue weighted by molar-refractivity contribution is 0.538. The number of piperidine rings is 1. The number of pyridine rings is 1. The second kappa shape index (κ2) is 7.22. The van der Waals surface area contributed by atoms with E-state index in [4.69, 9.17) is 32.3 Å². The van der Waals surface area contributed by atoms with Gasteiger partial charge in [-0.25, -0.2) is 9.97 Å². The Morgan fingerprint density at radius 2 is 1.97 bits per heavy atom. The quantitative estimate of drug-likeness (QED) is 0.401. The smallest absolute Gasteiger partial charge is 0.202 e. The van der Waals surface area contributed by atoms with Gasteiger partial charge in [0.1, 0.15) is 11.3 Å². The number of benzene rings is 1. The number of hydrogen-bond donors (Lipinski definition) is 2. The number of rotatable bonds is 4. The van der Waals surface area contributed by atoms with Crippen molar-refractivity contribution in [1.82, 2.24) is 34.9 Å². The number of nitrogens with one attached hydrogen (secondary N) is 1. The molecule has 1 aliphatic heterocycles. The molecule has 1 saturated heterocycles. The minimum atomic E-state index is -0.0249. The van der Waals surface area contributed by atoms with Gasteiger partial charge in [0.2, 0.25) is 5.65 Å². The van der Waals surface area contributed by atoms with Gasteiger partial charge >= 0.3 is 0 Å². The number of halogens is 1. The van der Waals surface area contributed by atoms with Crippen LogP contribution >= 0.6 is 11.6 Å². The molecule has 0 bridgehead atoms. The maximum absolute atomic E-state index is 6.73. The van der Waals surface area contributed by atoms with E-state index >= 15 is 0 Å². The Morgan fingerprint density at radius 1 is 1.14 bits per heavy atom. The van der Waals surface area contributed by atoms with Gasteiger partial charge in [0.05, 0.1) is 22.4 Å². The maximum atomic E-state index is 6.73. The van der Waals surface area contributed by atoms with Crippen molar-refractivity contribution in [2.24, 2.45) is 24.6 Å². The van der Waals surface area contributed by atoms with Gasteiger partial charge in [-0.3, -0.25) is 14.8 Å². The highest BCUT2D eigenvalue weighted by molar-refractivity contribution is 6.38. The molecule has 1 aliphatic carbocycles. The minimum Gasteiger partial charge on any atom is -0.355 e. The molecule has 5 heterocycles. The third kappa shape index (κ3) is 2.88. The van der Waals surface area contributed by atoms with Crippen LogP contribution in [0.15, 0.2) is 42.9 Å². The lowest BCUT2D eigenvalue weighted by atomic mass is 9.94. The topological polar surface area (TPSA) is 114 Å². The molecule has 0 radical (unpaired) electrons. The van der Waals surface area contributed by atoms with Gasteiger partial charge in [-0.1, -0.05) is 17.7 Å². The number of aryl methyl sites for hydroxylation is 2. The number of anilines is 1. The van der Waals surface area contributed by atoms with E-state index in [0.717, 1.165) is 52.3 Å². The summed E-state index contributed by atoms with van der Waals surface area (Å²) in [6, 6.07) is 8.15. The van der Waals surface area contributed by atoms with Crippen molar-refractivity contribution in [2.45, 2.75) is 12.3 Å². The van der Waals surface area contributed by atoms with Gasteiger partial charge in [-0.15, -0.1) is 0 Å². The second-order valence-electron chi connectivity index (χ2n) is 9.74. The predicted molar refractivity (Wildman–Crippen MR) is 135 cm³/mol. The largest absolute Gasteiger partial charge is 0.355 e. The fourth-order valence-corrected chi connectivity index (χ4v) is 6.25. The molecule has 10 heteroatoms.